The first kappa shape index (κ1) is 26.2. The number of ether oxygens (including phenoxy) is 2. The van der Waals surface area contributed by atoms with Crippen LogP contribution in [-0.4, -0.2) is 33.0 Å². The number of halogens is 4. The fourth-order valence-electron chi connectivity index (χ4n) is 2.23. The number of nitrogens with one attached hydrogen (secondary N) is 2. The third kappa shape index (κ3) is 8.90. The summed E-state index contributed by atoms with van der Waals surface area (Å²) in [6.45, 7) is 1.60. The second-order valence-corrected chi connectivity index (χ2v) is 5.98. The number of rotatable bonds is 8. The Morgan fingerprint density at radius 2 is 1.81 bits per heavy atom. The number of benzene rings is 2. The van der Waals surface area contributed by atoms with Gasteiger partial charge in [-0.05, 0) is 49.0 Å². The van der Waals surface area contributed by atoms with Crippen molar-refractivity contribution < 1.29 is 36.6 Å². The highest BCUT2D eigenvalue weighted by atomic mass is 19.4. The number of carbonyl (C=O) groups is 2. The highest BCUT2D eigenvalue weighted by molar-refractivity contribution is 5.80. The molecule has 2 rings (SSSR count). The lowest BCUT2D eigenvalue weighted by Gasteiger charge is -2.13. The Hall–Kier alpha value is -3.82. The van der Waals surface area contributed by atoms with Crippen LogP contribution in [0.15, 0.2) is 60.4 Å². The smallest absolute Gasteiger partial charge is 0.453 e. The molecule has 172 valence electrons. The van der Waals surface area contributed by atoms with Gasteiger partial charge in [0.15, 0.2) is 17.9 Å². The number of para-hydroxylation sites is 1. The van der Waals surface area contributed by atoms with Gasteiger partial charge in [0.25, 0.3) is 0 Å². The minimum absolute atomic E-state index is 0.0716. The number of allylic oxidation sites excluding steroid dienone is 2. The van der Waals surface area contributed by atoms with Gasteiger partial charge in [0.05, 0.1) is 5.56 Å². The summed E-state index contributed by atoms with van der Waals surface area (Å²) in [7, 11) is 3.56. The lowest BCUT2D eigenvalue weighted by molar-refractivity contribution is -0.274. The van der Waals surface area contributed by atoms with Crippen LogP contribution >= 0.6 is 0 Å². The van der Waals surface area contributed by atoms with Gasteiger partial charge in [0.2, 0.25) is 0 Å². The van der Waals surface area contributed by atoms with Crippen LogP contribution in [0.5, 0.6) is 17.2 Å². The predicted molar refractivity (Wildman–Crippen MR) is 111 cm³/mol. The van der Waals surface area contributed by atoms with Crippen molar-refractivity contribution in [2.24, 2.45) is 0 Å². The number of hydrogen-bond acceptors (Lipinski definition) is 6. The number of hydrogen-bond donors (Lipinski definition) is 2. The molecule has 10 heteroatoms. The second kappa shape index (κ2) is 12.8. The van der Waals surface area contributed by atoms with Crippen LogP contribution in [-0.2, 0) is 4.79 Å². The first-order valence-electron chi connectivity index (χ1n) is 9.10. The fourth-order valence-corrected chi connectivity index (χ4v) is 2.23. The molecule has 6 nitrogen and oxygen atoms in total. The molecule has 0 heterocycles. The van der Waals surface area contributed by atoms with Crippen LogP contribution in [0.3, 0.4) is 0 Å². The number of likely N-dealkylation sites (N-methyl/N-ethyl adjacent to an activating group) is 1. The van der Waals surface area contributed by atoms with Crippen molar-refractivity contribution in [2.45, 2.75) is 13.3 Å². The van der Waals surface area contributed by atoms with Crippen molar-refractivity contribution in [3.63, 3.8) is 0 Å². The largest absolute Gasteiger partial charge is 0.573 e. The van der Waals surface area contributed by atoms with E-state index in [9.17, 15) is 27.2 Å². The quantitative estimate of drug-likeness (QED) is 0.262. The third-order valence-electron chi connectivity index (χ3n) is 3.68. The van der Waals surface area contributed by atoms with Crippen molar-refractivity contribution in [3.05, 3.63) is 77.4 Å². The molecule has 0 aromatic heterocycles. The minimum atomic E-state index is -4.87. The van der Waals surface area contributed by atoms with Crippen molar-refractivity contribution in [3.8, 4) is 17.2 Å². The highest BCUT2D eigenvalue weighted by Crippen LogP contribution is 2.33. The fraction of sp³-hybridized carbons (Fsp3) is 0.182. The van der Waals surface area contributed by atoms with Crippen molar-refractivity contribution in [2.75, 3.05) is 14.1 Å². The summed E-state index contributed by atoms with van der Waals surface area (Å²) in [6, 6.07) is 7.21. The number of carbonyl (C=O) groups excluding carboxylic acids is 2. The van der Waals surface area contributed by atoms with E-state index >= 15 is 0 Å². The molecule has 0 radical (unpaired) electrons. The summed E-state index contributed by atoms with van der Waals surface area (Å²) in [6.07, 6.45) is 1.14. The van der Waals surface area contributed by atoms with Crippen LogP contribution in [0.2, 0.25) is 0 Å². The molecule has 0 fully saturated rings. The molecular weight excluding hydrogens is 432 g/mol. The van der Waals surface area contributed by atoms with Gasteiger partial charge in [-0.3, -0.25) is 9.59 Å². The first-order valence-corrected chi connectivity index (χ1v) is 9.10. The zero-order valence-corrected chi connectivity index (χ0v) is 17.5. The minimum Gasteiger partial charge on any atom is -0.453 e. The van der Waals surface area contributed by atoms with Gasteiger partial charge < -0.3 is 20.1 Å². The van der Waals surface area contributed by atoms with Gasteiger partial charge >= 0.3 is 6.36 Å². The molecule has 0 bridgehead atoms. The van der Waals surface area contributed by atoms with E-state index in [0.717, 1.165) is 30.2 Å². The third-order valence-corrected chi connectivity index (χ3v) is 3.68. The average molecular weight is 454 g/mol. The molecule has 0 saturated heterocycles. The summed E-state index contributed by atoms with van der Waals surface area (Å²) in [5.74, 6) is -1.38. The van der Waals surface area contributed by atoms with Gasteiger partial charge in [0.1, 0.15) is 17.8 Å². The molecule has 0 aliphatic carbocycles. The Labute approximate surface area is 182 Å². The molecule has 2 aromatic carbocycles. The zero-order chi connectivity index (χ0) is 24.1. The standard InChI is InChI=1S/C15H10F4O3.C7H12N2O/c1-9-3-2-4-12(16)14(9)21-13-6-5-11(7-10(13)8-20)22-15(17,18)19;1-8-5-3-7(9-2)4-6-10/h2-8H,1H3;3-6,8-9H,1-2H3/b;5-3-,7-4+. The van der Waals surface area contributed by atoms with Gasteiger partial charge in [-0.25, -0.2) is 4.39 Å². The Kier molecular flexibility index (Phi) is 10.5. The number of aryl methyl sites for hydroxylation is 1. The van der Waals surface area contributed by atoms with Gasteiger partial charge in [0, 0.05) is 25.9 Å². The van der Waals surface area contributed by atoms with Crippen molar-refractivity contribution in [1.29, 1.82) is 0 Å². The van der Waals surface area contributed by atoms with E-state index in [1.54, 1.807) is 39.4 Å². The molecule has 2 aromatic rings. The lowest BCUT2D eigenvalue weighted by atomic mass is 10.2. The van der Waals surface area contributed by atoms with Crippen LogP contribution in [0.4, 0.5) is 17.6 Å². The maximum Gasteiger partial charge on any atom is 0.573 e. The van der Waals surface area contributed by atoms with Crippen LogP contribution in [0, 0.1) is 12.7 Å². The molecule has 0 aliphatic rings. The Morgan fingerprint density at radius 3 is 2.34 bits per heavy atom. The van der Waals surface area contributed by atoms with Crippen LogP contribution in [0.25, 0.3) is 0 Å². The summed E-state index contributed by atoms with van der Waals surface area (Å²) < 4.78 is 59.1. The molecule has 0 spiro atoms. The summed E-state index contributed by atoms with van der Waals surface area (Å²) in [5, 5.41) is 5.65. The predicted octanol–water partition coefficient (Wildman–Crippen LogP) is 4.66. The second-order valence-electron chi connectivity index (χ2n) is 5.98. The molecule has 32 heavy (non-hydrogen) atoms. The van der Waals surface area contributed by atoms with E-state index in [-0.39, 0.29) is 17.1 Å². The molecule has 0 saturated carbocycles. The van der Waals surface area contributed by atoms with Crippen LogP contribution in [0.1, 0.15) is 15.9 Å². The van der Waals surface area contributed by atoms with E-state index in [2.05, 4.69) is 15.4 Å². The number of alkyl halides is 3. The van der Waals surface area contributed by atoms with E-state index in [4.69, 9.17) is 4.74 Å². The van der Waals surface area contributed by atoms with Gasteiger partial charge in [-0.2, -0.15) is 0 Å². The molecular formula is C22H22F4N2O4. The maximum absolute atomic E-state index is 13.7. The molecule has 0 aliphatic heterocycles. The topological polar surface area (TPSA) is 76.7 Å². The summed E-state index contributed by atoms with van der Waals surface area (Å²) in [5.41, 5.74) is 1.07. The Balaban J connectivity index is 0.000000433. The van der Waals surface area contributed by atoms with E-state index in [0.29, 0.717) is 11.8 Å². The van der Waals surface area contributed by atoms with Gasteiger partial charge in [-0.15, -0.1) is 13.2 Å². The van der Waals surface area contributed by atoms with Crippen LogP contribution < -0.4 is 20.1 Å². The van der Waals surface area contributed by atoms with Gasteiger partial charge in [-0.1, -0.05) is 12.1 Å². The highest BCUT2D eigenvalue weighted by Gasteiger charge is 2.31. The maximum atomic E-state index is 13.7. The normalized spacial score (nSPS) is 11.3. The van der Waals surface area contributed by atoms with Crippen molar-refractivity contribution in [1.82, 2.24) is 10.6 Å². The van der Waals surface area contributed by atoms with E-state index < -0.39 is 17.9 Å². The Bertz CT molecular complexity index is 953. The molecule has 0 amide bonds. The summed E-state index contributed by atoms with van der Waals surface area (Å²) >= 11 is 0. The van der Waals surface area contributed by atoms with Crippen molar-refractivity contribution >= 4 is 12.6 Å². The lowest BCUT2D eigenvalue weighted by Crippen LogP contribution is -2.17. The van der Waals surface area contributed by atoms with E-state index in [1.807, 2.05) is 0 Å². The summed E-state index contributed by atoms with van der Waals surface area (Å²) in [4.78, 5) is 21.0. The molecule has 0 unspecified atom stereocenters. The van der Waals surface area contributed by atoms with E-state index in [1.165, 1.54) is 18.2 Å². The monoisotopic (exact) mass is 454 g/mol. The zero-order valence-electron chi connectivity index (χ0n) is 17.5. The molecule has 0 atom stereocenters. The SMILES string of the molecule is CN/C=C\C(=C/C=O)NC.Cc1cccc(F)c1Oc1ccc(OC(F)(F)F)cc1C=O. The average Bonchev–Trinajstić information content (AvgIpc) is 2.74. The number of aldehydes is 2. The molecule has 2 N–H and O–H groups in total. The first-order chi connectivity index (χ1) is 15.1. The Morgan fingerprint density at radius 1 is 1.09 bits per heavy atom.